The molecule has 1 heterocycles. The van der Waals surface area contributed by atoms with E-state index in [1.165, 1.54) is 11.1 Å². The summed E-state index contributed by atoms with van der Waals surface area (Å²) < 4.78 is 7.28. The number of carbonyl (C=O) groups is 1. The van der Waals surface area contributed by atoms with Crippen LogP contribution in [-0.4, -0.2) is 22.6 Å². The predicted octanol–water partition coefficient (Wildman–Crippen LogP) is 3.84. The molecule has 1 aliphatic carbocycles. The average molecular weight is 373 g/mol. The first-order chi connectivity index (χ1) is 13.7. The number of imidazole rings is 1. The van der Waals surface area contributed by atoms with Gasteiger partial charge in [-0.25, -0.2) is 4.98 Å². The van der Waals surface area contributed by atoms with Crippen molar-refractivity contribution in [1.82, 2.24) is 14.9 Å². The van der Waals surface area contributed by atoms with E-state index in [9.17, 15) is 4.79 Å². The summed E-state index contributed by atoms with van der Waals surface area (Å²) in [5.74, 6) is -0.0753. The van der Waals surface area contributed by atoms with Crippen molar-refractivity contribution in [3.05, 3.63) is 89.5 Å². The van der Waals surface area contributed by atoms with Crippen LogP contribution in [0.3, 0.4) is 0 Å². The summed E-state index contributed by atoms with van der Waals surface area (Å²) in [6.07, 6.45) is 10.8. The fourth-order valence-electron chi connectivity index (χ4n) is 3.73. The highest BCUT2D eigenvalue weighted by molar-refractivity contribution is 5.92. The molecule has 0 saturated heterocycles. The first kappa shape index (κ1) is 18.2. The van der Waals surface area contributed by atoms with E-state index >= 15 is 0 Å². The lowest BCUT2D eigenvalue weighted by Gasteiger charge is -2.12. The molecule has 3 aromatic rings. The minimum atomic E-state index is -0.0753. The Hall–Kier alpha value is -3.18. The second-order valence-corrected chi connectivity index (χ2v) is 6.92. The van der Waals surface area contributed by atoms with Gasteiger partial charge in [-0.3, -0.25) is 4.79 Å². The number of aryl methyl sites for hydroxylation is 1. The van der Waals surface area contributed by atoms with Crippen molar-refractivity contribution in [3.8, 4) is 5.69 Å². The summed E-state index contributed by atoms with van der Waals surface area (Å²) in [6, 6.07) is 14.4. The summed E-state index contributed by atoms with van der Waals surface area (Å²) in [7, 11) is 1.67. The van der Waals surface area contributed by atoms with Gasteiger partial charge in [-0.1, -0.05) is 30.3 Å². The molecule has 1 aromatic heterocycles. The molecule has 5 nitrogen and oxygen atoms in total. The van der Waals surface area contributed by atoms with Crippen LogP contribution in [0.1, 0.15) is 34.7 Å². The van der Waals surface area contributed by atoms with Gasteiger partial charge in [0, 0.05) is 31.1 Å². The number of hydrogen-bond donors (Lipinski definition) is 1. The molecule has 0 saturated carbocycles. The van der Waals surface area contributed by atoms with Crippen LogP contribution in [0.25, 0.3) is 11.8 Å². The zero-order valence-corrected chi connectivity index (χ0v) is 15.8. The summed E-state index contributed by atoms with van der Waals surface area (Å²) in [5, 5.41) is 3.12. The zero-order chi connectivity index (χ0) is 19.3. The Morgan fingerprint density at radius 1 is 1.32 bits per heavy atom. The number of benzene rings is 2. The molecule has 28 heavy (non-hydrogen) atoms. The Balaban J connectivity index is 1.47. The van der Waals surface area contributed by atoms with Gasteiger partial charge in [0.1, 0.15) is 0 Å². The summed E-state index contributed by atoms with van der Waals surface area (Å²) in [5.41, 5.74) is 5.57. The minimum Gasteiger partial charge on any atom is -0.380 e. The van der Waals surface area contributed by atoms with Crippen LogP contribution in [0, 0.1) is 0 Å². The molecule has 2 aromatic carbocycles. The fourth-order valence-corrected chi connectivity index (χ4v) is 3.73. The number of hydrogen-bond acceptors (Lipinski definition) is 3. The van der Waals surface area contributed by atoms with Crippen LogP contribution in [0.5, 0.6) is 0 Å². The maximum atomic E-state index is 12.4. The quantitative estimate of drug-likeness (QED) is 0.668. The minimum absolute atomic E-state index is 0.0753. The smallest absolute Gasteiger partial charge is 0.244 e. The Kier molecular flexibility index (Phi) is 5.35. The van der Waals surface area contributed by atoms with Gasteiger partial charge in [-0.05, 0) is 47.7 Å². The Bertz CT molecular complexity index is 993. The van der Waals surface area contributed by atoms with Gasteiger partial charge in [-0.15, -0.1) is 0 Å². The van der Waals surface area contributed by atoms with E-state index in [4.69, 9.17) is 4.74 Å². The lowest BCUT2D eigenvalue weighted by molar-refractivity contribution is -0.117. The van der Waals surface area contributed by atoms with Crippen molar-refractivity contribution in [1.29, 1.82) is 0 Å². The number of amides is 1. The van der Waals surface area contributed by atoms with Crippen LogP contribution in [0.15, 0.2) is 67.3 Å². The van der Waals surface area contributed by atoms with Crippen LogP contribution < -0.4 is 5.32 Å². The summed E-state index contributed by atoms with van der Waals surface area (Å²) in [4.78, 5) is 16.5. The molecule has 142 valence electrons. The van der Waals surface area contributed by atoms with Gasteiger partial charge < -0.3 is 14.6 Å². The number of fused-ring (bicyclic) bond motifs is 1. The molecule has 0 radical (unpaired) electrons. The molecule has 1 unspecified atom stereocenters. The molecule has 0 aliphatic heterocycles. The molecule has 0 fully saturated rings. The molecular weight excluding hydrogens is 350 g/mol. The Morgan fingerprint density at radius 2 is 2.21 bits per heavy atom. The van der Waals surface area contributed by atoms with Gasteiger partial charge >= 0.3 is 0 Å². The number of rotatable bonds is 6. The molecule has 5 heteroatoms. The second kappa shape index (κ2) is 8.23. The highest BCUT2D eigenvalue weighted by atomic mass is 16.5. The van der Waals surface area contributed by atoms with Crippen LogP contribution in [0.2, 0.25) is 0 Å². The number of carbonyl (C=O) groups excluding carboxylic acids is 1. The van der Waals surface area contributed by atoms with E-state index in [0.29, 0.717) is 6.61 Å². The van der Waals surface area contributed by atoms with Crippen molar-refractivity contribution in [3.63, 3.8) is 0 Å². The highest BCUT2D eigenvalue weighted by Crippen LogP contribution is 2.30. The van der Waals surface area contributed by atoms with Crippen LogP contribution >= 0.6 is 0 Å². The molecule has 0 spiro atoms. The van der Waals surface area contributed by atoms with E-state index < -0.39 is 0 Å². The van der Waals surface area contributed by atoms with Crippen molar-refractivity contribution in [2.45, 2.75) is 25.5 Å². The predicted molar refractivity (Wildman–Crippen MR) is 109 cm³/mol. The van der Waals surface area contributed by atoms with E-state index in [1.807, 2.05) is 47.2 Å². The first-order valence-corrected chi connectivity index (χ1v) is 9.41. The summed E-state index contributed by atoms with van der Waals surface area (Å²) in [6.45, 7) is 0.486. The van der Waals surface area contributed by atoms with Crippen molar-refractivity contribution >= 4 is 12.0 Å². The Labute approximate surface area is 164 Å². The van der Waals surface area contributed by atoms with E-state index in [0.717, 1.165) is 29.7 Å². The van der Waals surface area contributed by atoms with Crippen LogP contribution in [0.4, 0.5) is 0 Å². The molecule has 0 bridgehead atoms. The molecule has 1 aliphatic rings. The van der Waals surface area contributed by atoms with Gasteiger partial charge in [-0.2, -0.15) is 0 Å². The Morgan fingerprint density at radius 3 is 3.04 bits per heavy atom. The SMILES string of the molecule is COCc1cc(C=CC(=O)NC2CCc3ccccc32)ccc1-n1ccnc1. The van der Waals surface area contributed by atoms with Gasteiger partial charge in [0.05, 0.1) is 24.7 Å². The normalized spacial score (nSPS) is 15.7. The van der Waals surface area contributed by atoms with E-state index in [1.54, 1.807) is 25.7 Å². The maximum Gasteiger partial charge on any atom is 0.244 e. The largest absolute Gasteiger partial charge is 0.380 e. The van der Waals surface area contributed by atoms with Crippen molar-refractivity contribution < 1.29 is 9.53 Å². The molecule has 1 atom stereocenters. The number of aromatic nitrogens is 2. The topological polar surface area (TPSA) is 56.1 Å². The monoisotopic (exact) mass is 373 g/mol. The molecule has 1 N–H and O–H groups in total. The average Bonchev–Trinajstić information content (AvgIpc) is 3.38. The number of nitrogens with one attached hydrogen (secondary N) is 1. The van der Waals surface area contributed by atoms with Gasteiger partial charge in [0.2, 0.25) is 5.91 Å². The first-order valence-electron chi connectivity index (χ1n) is 9.41. The third kappa shape index (κ3) is 3.89. The van der Waals surface area contributed by atoms with Gasteiger partial charge in [0.15, 0.2) is 0 Å². The lowest BCUT2D eigenvalue weighted by Crippen LogP contribution is -2.25. The van der Waals surface area contributed by atoms with Crippen LogP contribution in [-0.2, 0) is 22.6 Å². The van der Waals surface area contributed by atoms with Gasteiger partial charge in [0.25, 0.3) is 0 Å². The highest BCUT2D eigenvalue weighted by Gasteiger charge is 2.22. The maximum absolute atomic E-state index is 12.4. The third-order valence-electron chi connectivity index (χ3n) is 5.06. The fraction of sp³-hybridized carbons (Fsp3) is 0.217. The molecule has 1 amide bonds. The van der Waals surface area contributed by atoms with Crippen molar-refractivity contribution in [2.75, 3.05) is 7.11 Å². The second-order valence-electron chi connectivity index (χ2n) is 6.92. The van der Waals surface area contributed by atoms with E-state index in [2.05, 4.69) is 22.4 Å². The molecular formula is C23H23N3O2. The number of methoxy groups -OCH3 is 1. The van der Waals surface area contributed by atoms with Crippen molar-refractivity contribution in [2.24, 2.45) is 0 Å². The zero-order valence-electron chi connectivity index (χ0n) is 15.8. The standard InChI is InChI=1S/C23H23N3O2/c1-28-15-19-14-17(6-10-22(19)26-13-12-24-16-26)7-11-23(27)25-21-9-8-18-4-2-3-5-20(18)21/h2-7,10-14,16,21H,8-9,15H2,1H3,(H,25,27). The summed E-state index contributed by atoms with van der Waals surface area (Å²) >= 11 is 0. The lowest BCUT2D eigenvalue weighted by atomic mass is 10.1. The number of nitrogens with zero attached hydrogens (tertiary/aromatic N) is 2. The molecule has 4 rings (SSSR count). The third-order valence-corrected chi connectivity index (χ3v) is 5.06. The van der Waals surface area contributed by atoms with E-state index in [-0.39, 0.29) is 11.9 Å². The number of ether oxygens (including phenoxy) is 1.